The van der Waals surface area contributed by atoms with Crippen LogP contribution in [0.5, 0.6) is 0 Å². The molecule has 7 nitrogen and oxygen atoms in total. The number of benzene rings is 1. The molecule has 0 aliphatic heterocycles. The lowest BCUT2D eigenvalue weighted by Crippen LogP contribution is -2.15. The van der Waals surface area contributed by atoms with E-state index < -0.39 is 12.1 Å². The van der Waals surface area contributed by atoms with Gasteiger partial charge in [0.25, 0.3) is 0 Å². The summed E-state index contributed by atoms with van der Waals surface area (Å²) in [6.07, 6.45) is 4.17. The van der Waals surface area contributed by atoms with Gasteiger partial charge in [-0.1, -0.05) is 0 Å². The Morgan fingerprint density at radius 1 is 1.43 bits per heavy atom. The van der Waals surface area contributed by atoms with Crippen molar-refractivity contribution in [3.05, 3.63) is 36.4 Å². The second-order valence-corrected chi connectivity index (χ2v) is 7.41. The van der Waals surface area contributed by atoms with Gasteiger partial charge in [0.1, 0.15) is 12.0 Å². The molecule has 0 unspecified atom stereocenters. The third-order valence-electron chi connectivity index (χ3n) is 4.73. The maximum atomic E-state index is 14.5. The number of fused-ring (bicyclic) bond motifs is 2. The molecule has 0 saturated heterocycles. The van der Waals surface area contributed by atoms with E-state index in [1.54, 1.807) is 30.8 Å². The third kappa shape index (κ3) is 2.71. The number of rotatable bonds is 4. The number of halogens is 2. The van der Waals surface area contributed by atoms with Crippen molar-refractivity contribution in [3.63, 3.8) is 0 Å². The molecule has 3 heterocycles. The van der Waals surface area contributed by atoms with Crippen molar-refractivity contribution in [2.45, 2.75) is 17.5 Å². The van der Waals surface area contributed by atoms with Gasteiger partial charge in [0.05, 0.1) is 34.4 Å². The van der Waals surface area contributed by atoms with Gasteiger partial charge in [-0.15, -0.1) is 11.8 Å². The Hall–Kier alpha value is -3.01. The first-order valence-corrected chi connectivity index (χ1v) is 9.79. The monoisotopic (exact) mass is 400 g/mol. The summed E-state index contributed by atoms with van der Waals surface area (Å²) < 4.78 is 29.1. The second kappa shape index (κ2) is 6.26. The Balaban J connectivity index is 1.58. The average molecular weight is 400 g/mol. The van der Waals surface area contributed by atoms with Crippen LogP contribution in [-0.2, 0) is 4.79 Å². The molecule has 28 heavy (non-hydrogen) atoms. The van der Waals surface area contributed by atoms with Crippen LogP contribution in [0.25, 0.3) is 27.8 Å². The minimum atomic E-state index is -1.07. The molecule has 1 aliphatic carbocycles. The van der Waals surface area contributed by atoms with Gasteiger partial charge in [-0.2, -0.15) is 10.2 Å². The molecule has 10 heteroatoms. The third-order valence-corrected chi connectivity index (χ3v) is 5.54. The summed E-state index contributed by atoms with van der Waals surface area (Å²) in [7, 11) is 0. The van der Waals surface area contributed by atoms with Gasteiger partial charge >= 0.3 is 0 Å². The van der Waals surface area contributed by atoms with Crippen LogP contribution in [0.1, 0.15) is 6.42 Å². The van der Waals surface area contributed by atoms with Crippen LogP contribution < -0.4 is 5.32 Å². The van der Waals surface area contributed by atoms with E-state index in [4.69, 9.17) is 0 Å². The van der Waals surface area contributed by atoms with Crippen molar-refractivity contribution < 1.29 is 13.6 Å². The number of imidazole rings is 1. The van der Waals surface area contributed by atoms with Gasteiger partial charge in [0, 0.05) is 17.0 Å². The first kappa shape index (κ1) is 17.1. The molecule has 1 amide bonds. The molecule has 0 bridgehead atoms. The second-order valence-electron chi connectivity index (χ2n) is 6.59. The molecule has 2 N–H and O–H groups in total. The number of carbonyl (C=O) groups excluding carboxylic acids is 1. The van der Waals surface area contributed by atoms with E-state index >= 15 is 0 Å². The highest BCUT2D eigenvalue weighted by atomic mass is 32.2. The largest absolute Gasteiger partial charge is 0.309 e. The fraction of sp³-hybridized carbons (Fsp3) is 0.222. The zero-order valence-corrected chi connectivity index (χ0v) is 15.4. The van der Waals surface area contributed by atoms with Crippen molar-refractivity contribution in [1.82, 2.24) is 24.8 Å². The van der Waals surface area contributed by atoms with Gasteiger partial charge < -0.3 is 5.32 Å². The number of hydrogen-bond acceptors (Lipinski definition) is 5. The molecule has 1 aromatic carbocycles. The number of aromatic nitrogens is 5. The summed E-state index contributed by atoms with van der Waals surface area (Å²) in [5.74, 6) is -1.04. The van der Waals surface area contributed by atoms with E-state index in [0.717, 1.165) is 5.39 Å². The van der Waals surface area contributed by atoms with E-state index in [0.29, 0.717) is 33.1 Å². The molecule has 2 atom stereocenters. The van der Waals surface area contributed by atoms with E-state index in [9.17, 15) is 13.6 Å². The summed E-state index contributed by atoms with van der Waals surface area (Å²) in [6.45, 7) is 0. The molecular weight excluding hydrogens is 386 g/mol. The average Bonchev–Trinajstić information content (AvgIpc) is 3.05. The van der Waals surface area contributed by atoms with Crippen LogP contribution >= 0.6 is 11.8 Å². The van der Waals surface area contributed by atoms with Crippen molar-refractivity contribution in [2.24, 2.45) is 5.92 Å². The molecule has 1 saturated carbocycles. The highest BCUT2D eigenvalue weighted by molar-refractivity contribution is 7.98. The predicted octanol–water partition coefficient (Wildman–Crippen LogP) is 3.43. The number of nitrogens with one attached hydrogen (secondary N) is 2. The van der Waals surface area contributed by atoms with E-state index in [-0.39, 0.29) is 18.1 Å². The lowest BCUT2D eigenvalue weighted by Gasteiger charge is -2.09. The lowest BCUT2D eigenvalue weighted by molar-refractivity contribution is -0.117. The molecule has 1 fully saturated rings. The molecule has 5 rings (SSSR count). The van der Waals surface area contributed by atoms with Crippen LogP contribution in [0.15, 0.2) is 35.5 Å². The predicted molar refractivity (Wildman–Crippen MR) is 101 cm³/mol. The zero-order valence-electron chi connectivity index (χ0n) is 14.6. The van der Waals surface area contributed by atoms with Gasteiger partial charge in [-0.05, 0) is 24.8 Å². The number of thioether (sulfide) groups is 1. The fourth-order valence-electron chi connectivity index (χ4n) is 3.22. The Morgan fingerprint density at radius 2 is 2.25 bits per heavy atom. The quantitative estimate of drug-likeness (QED) is 0.513. The van der Waals surface area contributed by atoms with E-state index in [1.165, 1.54) is 22.3 Å². The minimum absolute atomic E-state index is 0.249. The van der Waals surface area contributed by atoms with Crippen LogP contribution in [-0.4, -0.2) is 43.1 Å². The number of H-pyrrole nitrogens is 1. The molecule has 0 radical (unpaired) electrons. The number of aromatic amines is 1. The number of anilines is 1. The standard InChI is InChI=1S/C18H14F2N6OS/c1-28-17-11(20)5-13-9(6-21-24-13)16(17)12-2-3-15-22-14(7-26(15)25-12)23-18(27)8-4-10(8)19/h2-3,5-8,10H,4H2,1H3,(H,21,24)(H,23,27)/t8-,10+/m1/s1. The van der Waals surface area contributed by atoms with Crippen molar-refractivity contribution in [1.29, 1.82) is 0 Å². The van der Waals surface area contributed by atoms with Gasteiger partial charge in [0.15, 0.2) is 11.5 Å². The number of hydrogen-bond donors (Lipinski definition) is 2. The van der Waals surface area contributed by atoms with Crippen LogP contribution in [0, 0.1) is 11.7 Å². The van der Waals surface area contributed by atoms with Crippen molar-refractivity contribution in [3.8, 4) is 11.3 Å². The maximum absolute atomic E-state index is 14.5. The topological polar surface area (TPSA) is 88.0 Å². The van der Waals surface area contributed by atoms with Gasteiger partial charge in [-0.25, -0.2) is 18.3 Å². The molecule has 4 aromatic rings. The minimum Gasteiger partial charge on any atom is -0.309 e. The zero-order chi connectivity index (χ0) is 19.4. The normalized spacial score (nSPS) is 18.7. The maximum Gasteiger partial charge on any atom is 0.231 e. The first-order chi connectivity index (χ1) is 13.5. The molecule has 3 aromatic heterocycles. The summed E-state index contributed by atoms with van der Waals surface area (Å²) in [5.41, 5.74) is 2.27. The summed E-state index contributed by atoms with van der Waals surface area (Å²) in [6, 6.07) is 4.89. The Bertz CT molecular complexity index is 1240. The molecule has 0 spiro atoms. The van der Waals surface area contributed by atoms with Crippen molar-refractivity contribution in [2.75, 3.05) is 11.6 Å². The molecule has 1 aliphatic rings. The van der Waals surface area contributed by atoms with Crippen LogP contribution in [0.3, 0.4) is 0 Å². The van der Waals surface area contributed by atoms with E-state index in [2.05, 4.69) is 25.6 Å². The van der Waals surface area contributed by atoms with Crippen molar-refractivity contribution >= 4 is 40.0 Å². The Morgan fingerprint density at radius 3 is 3.00 bits per heavy atom. The number of nitrogens with zero attached hydrogens (tertiary/aromatic N) is 4. The number of alkyl halides is 1. The molecular formula is C18H14F2N6OS. The number of amides is 1. The SMILES string of the molecule is CSc1c(F)cc2[nH]ncc2c1-c1ccc2nc(NC(=O)[C@@H]3C[C@@H]3F)cn2n1. The summed E-state index contributed by atoms with van der Waals surface area (Å²) in [5, 5.41) is 14.7. The summed E-state index contributed by atoms with van der Waals surface area (Å²) in [4.78, 5) is 16.7. The summed E-state index contributed by atoms with van der Waals surface area (Å²) >= 11 is 1.29. The van der Waals surface area contributed by atoms with E-state index in [1.807, 2.05) is 0 Å². The highest BCUT2D eigenvalue weighted by Crippen LogP contribution is 2.37. The van der Waals surface area contributed by atoms with Gasteiger partial charge in [0.2, 0.25) is 5.91 Å². The van der Waals surface area contributed by atoms with Crippen LogP contribution in [0.4, 0.5) is 14.6 Å². The smallest absolute Gasteiger partial charge is 0.231 e. The molecule has 142 valence electrons. The Labute approximate surface area is 161 Å². The van der Waals surface area contributed by atoms with Crippen LogP contribution in [0.2, 0.25) is 0 Å². The Kier molecular flexibility index (Phi) is 3.83. The fourth-order valence-corrected chi connectivity index (χ4v) is 3.90. The lowest BCUT2D eigenvalue weighted by atomic mass is 10.1. The first-order valence-electron chi connectivity index (χ1n) is 8.56. The number of carbonyl (C=O) groups is 1. The van der Waals surface area contributed by atoms with Gasteiger partial charge in [-0.3, -0.25) is 9.89 Å². The highest BCUT2D eigenvalue weighted by Gasteiger charge is 2.43.